The zero-order valence-electron chi connectivity index (χ0n) is 16.7. The number of methoxy groups -OCH3 is 1. The van der Waals surface area contributed by atoms with E-state index in [1.165, 1.54) is 30.6 Å². The van der Waals surface area contributed by atoms with Gasteiger partial charge in [0.05, 0.1) is 23.8 Å². The summed E-state index contributed by atoms with van der Waals surface area (Å²) < 4.78 is 11.8. The number of hydrogen-bond acceptors (Lipinski definition) is 7. The number of esters is 1. The van der Waals surface area contributed by atoms with E-state index in [1.54, 1.807) is 36.5 Å². The van der Waals surface area contributed by atoms with Gasteiger partial charge < -0.3 is 19.4 Å². The number of thiophene rings is 1. The molecule has 3 aromatic carbocycles. The Morgan fingerprint density at radius 1 is 1.03 bits per heavy atom. The summed E-state index contributed by atoms with van der Waals surface area (Å²) in [5.41, 5.74) is 1.35. The number of ether oxygens (including phenoxy) is 2. The Balaban J connectivity index is 1.53. The first kappa shape index (κ1) is 21.5. The third kappa shape index (κ3) is 4.49. The van der Waals surface area contributed by atoms with Crippen LogP contribution in [0.5, 0.6) is 11.5 Å². The molecule has 1 aromatic heterocycles. The Hall–Kier alpha value is -3.68. The normalized spacial score (nSPS) is 11.1. The molecule has 0 unspecified atom stereocenters. The van der Waals surface area contributed by atoms with Crippen LogP contribution in [0, 0.1) is 0 Å². The molecule has 0 radical (unpaired) electrons. The molecule has 8 heteroatoms. The summed E-state index contributed by atoms with van der Waals surface area (Å²) in [6, 6.07) is 18.5. The quantitative estimate of drug-likeness (QED) is 0.230. The molecule has 4 aromatic rings. The molecule has 0 saturated carbocycles. The lowest BCUT2D eigenvalue weighted by Crippen LogP contribution is -2.21. The van der Waals surface area contributed by atoms with Gasteiger partial charge in [0.1, 0.15) is 4.88 Å². The highest BCUT2D eigenvalue weighted by molar-refractivity contribution is 7.21. The molecule has 0 bridgehead atoms. The minimum atomic E-state index is -1.24. The molecule has 160 valence electrons. The average molecular weight is 465 g/mol. The van der Waals surface area contributed by atoms with E-state index in [9.17, 15) is 14.7 Å². The summed E-state index contributed by atoms with van der Waals surface area (Å²) >= 11 is 7.64. The molecular weight excluding hydrogens is 450 g/mol. The number of aliphatic imine (C=N–C) groups is 1. The zero-order valence-corrected chi connectivity index (χ0v) is 18.3. The Morgan fingerprint density at radius 2 is 1.78 bits per heavy atom. The van der Waals surface area contributed by atoms with Crippen LogP contribution in [0.4, 0.5) is 5.69 Å². The highest BCUT2D eigenvalue weighted by Crippen LogP contribution is 2.37. The lowest BCUT2D eigenvalue weighted by molar-refractivity contribution is -0.255. The lowest BCUT2D eigenvalue weighted by Gasteiger charge is -2.09. The fraction of sp³-hybridized carbons (Fsp3) is 0.0417. The van der Waals surface area contributed by atoms with Crippen molar-refractivity contribution < 1.29 is 24.2 Å². The number of benzene rings is 3. The second kappa shape index (κ2) is 9.21. The Morgan fingerprint density at radius 3 is 2.47 bits per heavy atom. The number of carbonyl (C=O) groups excluding carboxylic acids is 2. The van der Waals surface area contributed by atoms with Crippen LogP contribution in [0.2, 0.25) is 5.02 Å². The molecule has 0 aliphatic rings. The minimum Gasteiger partial charge on any atom is -0.545 e. The van der Waals surface area contributed by atoms with Gasteiger partial charge >= 0.3 is 5.97 Å². The number of carbonyl (C=O) groups is 2. The first-order chi connectivity index (χ1) is 15.5. The van der Waals surface area contributed by atoms with Crippen molar-refractivity contribution in [1.29, 1.82) is 0 Å². The van der Waals surface area contributed by atoms with E-state index in [2.05, 4.69) is 4.99 Å². The molecule has 0 atom stereocenters. The number of rotatable bonds is 6. The highest BCUT2D eigenvalue weighted by Gasteiger charge is 2.20. The first-order valence-corrected chi connectivity index (χ1v) is 10.6. The van der Waals surface area contributed by atoms with Crippen LogP contribution in [0.25, 0.3) is 10.1 Å². The maximum atomic E-state index is 12.7. The van der Waals surface area contributed by atoms with Crippen molar-refractivity contribution in [3.8, 4) is 11.5 Å². The van der Waals surface area contributed by atoms with Crippen LogP contribution in [0.3, 0.4) is 0 Å². The number of carboxylic acid groups (broad SMARTS) is 1. The average Bonchev–Trinajstić information content (AvgIpc) is 3.15. The monoisotopic (exact) mass is 464 g/mol. The molecule has 0 N–H and O–H groups in total. The van der Waals surface area contributed by atoms with E-state index < -0.39 is 11.9 Å². The van der Waals surface area contributed by atoms with Crippen LogP contribution in [-0.2, 0) is 0 Å². The van der Waals surface area contributed by atoms with Gasteiger partial charge in [0.15, 0.2) is 11.5 Å². The summed E-state index contributed by atoms with van der Waals surface area (Å²) in [7, 11) is 1.47. The summed E-state index contributed by atoms with van der Waals surface area (Å²) in [4.78, 5) is 28.2. The van der Waals surface area contributed by atoms with Crippen molar-refractivity contribution in [2.75, 3.05) is 7.11 Å². The summed E-state index contributed by atoms with van der Waals surface area (Å²) in [5, 5.41) is 12.0. The lowest BCUT2D eigenvalue weighted by atomic mass is 10.2. The molecular formula is C24H15ClNO5S-. The SMILES string of the molecule is COc1cc(C=Nc2ccc(C(=O)[O-])cc2)ccc1OC(=O)c1sc2ccccc2c1Cl. The second-order valence-electron chi connectivity index (χ2n) is 6.63. The van der Waals surface area contributed by atoms with E-state index in [4.69, 9.17) is 21.1 Å². The van der Waals surface area contributed by atoms with E-state index in [1.807, 2.05) is 24.3 Å². The second-order valence-corrected chi connectivity index (χ2v) is 8.06. The van der Waals surface area contributed by atoms with Crippen molar-refractivity contribution in [3.63, 3.8) is 0 Å². The van der Waals surface area contributed by atoms with Gasteiger partial charge in [-0.05, 0) is 47.5 Å². The topological polar surface area (TPSA) is 88.0 Å². The number of fused-ring (bicyclic) bond motifs is 1. The van der Waals surface area contributed by atoms with Crippen molar-refractivity contribution in [2.45, 2.75) is 0 Å². The van der Waals surface area contributed by atoms with Crippen molar-refractivity contribution in [2.24, 2.45) is 4.99 Å². The fourth-order valence-corrected chi connectivity index (χ4v) is 4.36. The van der Waals surface area contributed by atoms with Crippen molar-refractivity contribution in [1.82, 2.24) is 0 Å². The number of aromatic carboxylic acids is 1. The van der Waals surface area contributed by atoms with Gasteiger partial charge in [-0.2, -0.15) is 0 Å². The van der Waals surface area contributed by atoms with Gasteiger partial charge in [-0.1, -0.05) is 41.9 Å². The van der Waals surface area contributed by atoms with Crippen LogP contribution in [-0.4, -0.2) is 25.3 Å². The predicted molar refractivity (Wildman–Crippen MR) is 123 cm³/mol. The smallest absolute Gasteiger partial charge is 0.355 e. The third-order valence-electron chi connectivity index (χ3n) is 4.58. The zero-order chi connectivity index (χ0) is 22.7. The van der Waals surface area contributed by atoms with E-state index >= 15 is 0 Å². The fourth-order valence-electron chi connectivity index (χ4n) is 2.97. The summed E-state index contributed by atoms with van der Waals surface area (Å²) in [6.07, 6.45) is 1.59. The van der Waals surface area contributed by atoms with Gasteiger partial charge in [-0.3, -0.25) is 4.99 Å². The van der Waals surface area contributed by atoms with Gasteiger partial charge in [-0.25, -0.2) is 4.79 Å². The van der Waals surface area contributed by atoms with Crippen molar-refractivity contribution in [3.05, 3.63) is 87.8 Å². The Labute approximate surface area is 192 Å². The summed E-state index contributed by atoms with van der Waals surface area (Å²) in [6.45, 7) is 0. The standard InChI is InChI=1S/C24H16ClNO5S/c1-30-19-12-14(13-26-16-9-7-15(8-10-16)23(27)28)6-11-18(19)31-24(29)22-21(25)17-4-2-3-5-20(17)32-22/h2-13H,1H3,(H,27,28)/p-1. The molecule has 0 aliphatic carbocycles. The maximum absolute atomic E-state index is 12.7. The third-order valence-corrected chi connectivity index (χ3v) is 6.23. The van der Waals surface area contributed by atoms with Crippen molar-refractivity contribution >= 4 is 56.9 Å². The number of halogens is 1. The molecule has 1 heterocycles. The Bertz CT molecular complexity index is 1340. The molecule has 6 nitrogen and oxygen atoms in total. The highest BCUT2D eigenvalue weighted by atomic mass is 35.5. The first-order valence-electron chi connectivity index (χ1n) is 9.39. The number of hydrogen-bond donors (Lipinski definition) is 0. The maximum Gasteiger partial charge on any atom is 0.355 e. The largest absolute Gasteiger partial charge is 0.545 e. The summed E-state index contributed by atoms with van der Waals surface area (Å²) in [5.74, 6) is -1.20. The molecule has 0 fully saturated rings. The van der Waals surface area contributed by atoms with Gasteiger partial charge in [0.25, 0.3) is 0 Å². The Kier molecular flexibility index (Phi) is 6.20. The van der Waals surface area contributed by atoms with Gasteiger partial charge in [0.2, 0.25) is 0 Å². The number of carboxylic acids is 1. The molecule has 0 aliphatic heterocycles. The van der Waals surface area contributed by atoms with Crippen LogP contribution >= 0.6 is 22.9 Å². The molecule has 0 amide bonds. The molecule has 4 rings (SSSR count). The van der Waals surface area contributed by atoms with Crippen LogP contribution in [0.15, 0.2) is 71.7 Å². The van der Waals surface area contributed by atoms with Crippen LogP contribution < -0.4 is 14.6 Å². The molecule has 32 heavy (non-hydrogen) atoms. The predicted octanol–water partition coefficient (Wildman–Crippen LogP) is 4.90. The van der Waals surface area contributed by atoms with Gasteiger partial charge in [-0.15, -0.1) is 11.3 Å². The number of nitrogens with zero attached hydrogens (tertiary/aromatic N) is 1. The van der Waals surface area contributed by atoms with E-state index in [-0.39, 0.29) is 11.3 Å². The molecule has 0 saturated heterocycles. The van der Waals surface area contributed by atoms with Crippen LogP contribution in [0.1, 0.15) is 25.6 Å². The molecule has 0 spiro atoms. The van der Waals surface area contributed by atoms with E-state index in [0.717, 1.165) is 10.1 Å². The van der Waals surface area contributed by atoms with E-state index in [0.29, 0.717) is 26.9 Å². The van der Waals surface area contributed by atoms with Gasteiger partial charge in [0, 0.05) is 16.3 Å². The minimum absolute atomic E-state index is 0.0792.